The van der Waals surface area contributed by atoms with E-state index < -0.39 is 0 Å². The van der Waals surface area contributed by atoms with Crippen molar-refractivity contribution in [2.75, 3.05) is 5.75 Å². The average molecular weight is 479 g/mol. The molecule has 0 saturated carbocycles. The van der Waals surface area contributed by atoms with Gasteiger partial charge in [-0.15, -0.1) is 17.9 Å². The standard InChI is InChI=1S/C25H19ClN2O2S2/c1-2-13-28-24(30)21-19-12-9-15-5-3-4-6-18(15)22(19)32-23(21)27-25(28)31-14-20(29)16-7-10-17(26)11-8-16/h2-8,10-11H,1,9,12-14H2. The number of fused-ring (bicyclic) bond motifs is 5. The molecule has 7 heteroatoms. The number of hydrogen-bond acceptors (Lipinski definition) is 5. The van der Waals surface area contributed by atoms with E-state index in [9.17, 15) is 9.59 Å². The number of ketones is 1. The number of carbonyl (C=O) groups excluding carboxylic acids is 1. The molecule has 0 bridgehead atoms. The Hall–Kier alpha value is -2.67. The Morgan fingerprint density at radius 1 is 1.19 bits per heavy atom. The van der Waals surface area contributed by atoms with E-state index in [-0.39, 0.29) is 17.1 Å². The lowest BCUT2D eigenvalue weighted by Crippen LogP contribution is -2.23. The molecule has 2 aromatic heterocycles. The number of thiophene rings is 1. The zero-order valence-electron chi connectivity index (χ0n) is 17.1. The van der Waals surface area contributed by atoms with Gasteiger partial charge in [0.1, 0.15) is 4.83 Å². The fourth-order valence-corrected chi connectivity index (χ4v) is 6.40. The van der Waals surface area contributed by atoms with Crippen LogP contribution in [0.3, 0.4) is 0 Å². The van der Waals surface area contributed by atoms with Crippen LogP contribution in [0.5, 0.6) is 0 Å². The van der Waals surface area contributed by atoms with E-state index in [0.29, 0.717) is 27.7 Å². The molecule has 0 fully saturated rings. The highest BCUT2D eigenvalue weighted by atomic mass is 35.5. The molecule has 0 radical (unpaired) electrons. The lowest BCUT2D eigenvalue weighted by molar-refractivity contribution is 0.102. The monoisotopic (exact) mass is 478 g/mol. The summed E-state index contributed by atoms with van der Waals surface area (Å²) >= 11 is 8.77. The number of thioether (sulfide) groups is 1. The van der Waals surface area contributed by atoms with E-state index in [4.69, 9.17) is 16.6 Å². The minimum Gasteiger partial charge on any atom is -0.293 e. The van der Waals surface area contributed by atoms with Crippen molar-refractivity contribution in [2.45, 2.75) is 24.5 Å². The van der Waals surface area contributed by atoms with Gasteiger partial charge in [0.15, 0.2) is 10.9 Å². The van der Waals surface area contributed by atoms with Crippen molar-refractivity contribution in [3.8, 4) is 10.4 Å². The molecule has 0 spiro atoms. The third-order valence-electron chi connectivity index (χ3n) is 5.59. The van der Waals surface area contributed by atoms with Crippen LogP contribution in [-0.2, 0) is 19.4 Å². The Kier molecular flexibility index (Phi) is 5.76. The predicted molar refractivity (Wildman–Crippen MR) is 133 cm³/mol. The number of allylic oxidation sites excluding steroid dienone is 1. The number of halogens is 1. The van der Waals surface area contributed by atoms with Crippen LogP contribution in [0.4, 0.5) is 0 Å². The molecule has 32 heavy (non-hydrogen) atoms. The molecule has 0 aliphatic heterocycles. The molecule has 4 nitrogen and oxygen atoms in total. The van der Waals surface area contributed by atoms with Gasteiger partial charge in [0.2, 0.25) is 0 Å². The van der Waals surface area contributed by atoms with Crippen molar-refractivity contribution >= 4 is 50.7 Å². The third-order valence-corrected chi connectivity index (χ3v) is 7.98. The second-order valence-electron chi connectivity index (χ2n) is 7.56. The summed E-state index contributed by atoms with van der Waals surface area (Å²) in [5.74, 6) is 0.149. The molecule has 0 unspecified atom stereocenters. The lowest BCUT2D eigenvalue weighted by Gasteiger charge is -2.16. The Bertz CT molecular complexity index is 1420. The summed E-state index contributed by atoms with van der Waals surface area (Å²) in [5, 5.41) is 1.83. The van der Waals surface area contributed by atoms with Crippen LogP contribution >= 0.6 is 34.7 Å². The summed E-state index contributed by atoms with van der Waals surface area (Å²) in [6.07, 6.45) is 3.44. The molecule has 5 rings (SSSR count). The van der Waals surface area contributed by atoms with E-state index in [1.165, 1.54) is 22.9 Å². The number of Topliss-reactive ketones (excluding diaryl/α,β-unsaturated/α-hetero) is 1. The van der Waals surface area contributed by atoms with E-state index in [2.05, 4.69) is 24.8 Å². The first-order valence-electron chi connectivity index (χ1n) is 10.2. The number of aryl methyl sites for hydroxylation is 2. The summed E-state index contributed by atoms with van der Waals surface area (Å²) in [4.78, 5) is 32.9. The smallest absolute Gasteiger partial charge is 0.263 e. The Balaban J connectivity index is 1.55. The van der Waals surface area contributed by atoms with E-state index in [1.807, 2.05) is 6.07 Å². The third kappa shape index (κ3) is 3.72. The number of carbonyl (C=O) groups is 1. The molecule has 160 valence electrons. The summed E-state index contributed by atoms with van der Waals surface area (Å²) in [5.41, 5.74) is 4.12. The van der Waals surface area contributed by atoms with Gasteiger partial charge in [-0.2, -0.15) is 0 Å². The van der Waals surface area contributed by atoms with Crippen molar-refractivity contribution in [3.05, 3.63) is 93.3 Å². The van der Waals surface area contributed by atoms with Gasteiger partial charge in [0, 0.05) is 22.0 Å². The summed E-state index contributed by atoms with van der Waals surface area (Å²) in [7, 11) is 0. The minimum atomic E-state index is -0.0618. The number of benzene rings is 2. The Morgan fingerprint density at radius 2 is 1.97 bits per heavy atom. The second-order valence-corrected chi connectivity index (χ2v) is 9.94. The maximum atomic E-state index is 13.5. The maximum Gasteiger partial charge on any atom is 0.263 e. The van der Waals surface area contributed by atoms with Gasteiger partial charge in [0.05, 0.1) is 11.1 Å². The lowest BCUT2D eigenvalue weighted by atomic mass is 9.90. The number of aromatic nitrogens is 2. The molecule has 1 aliphatic carbocycles. The van der Waals surface area contributed by atoms with Crippen molar-refractivity contribution in [3.63, 3.8) is 0 Å². The van der Waals surface area contributed by atoms with Crippen molar-refractivity contribution in [1.29, 1.82) is 0 Å². The summed E-state index contributed by atoms with van der Waals surface area (Å²) in [6.45, 7) is 4.15. The van der Waals surface area contributed by atoms with E-state index >= 15 is 0 Å². The van der Waals surface area contributed by atoms with E-state index in [1.54, 1.807) is 46.2 Å². The van der Waals surface area contributed by atoms with Crippen molar-refractivity contribution < 1.29 is 4.79 Å². The minimum absolute atomic E-state index is 0.0365. The Morgan fingerprint density at radius 3 is 2.75 bits per heavy atom. The largest absolute Gasteiger partial charge is 0.293 e. The van der Waals surface area contributed by atoms with Gasteiger partial charge in [0.25, 0.3) is 5.56 Å². The fourth-order valence-electron chi connectivity index (χ4n) is 4.05. The van der Waals surface area contributed by atoms with Crippen molar-refractivity contribution in [2.24, 2.45) is 0 Å². The van der Waals surface area contributed by atoms with Gasteiger partial charge in [-0.05, 0) is 53.8 Å². The summed E-state index contributed by atoms with van der Waals surface area (Å²) < 4.78 is 1.63. The molecule has 2 aromatic carbocycles. The maximum absolute atomic E-state index is 13.5. The normalized spacial score (nSPS) is 12.4. The average Bonchev–Trinajstić information content (AvgIpc) is 3.19. The number of rotatable bonds is 6. The highest BCUT2D eigenvalue weighted by Gasteiger charge is 2.25. The van der Waals surface area contributed by atoms with Gasteiger partial charge in [-0.3, -0.25) is 14.2 Å². The van der Waals surface area contributed by atoms with E-state index in [0.717, 1.165) is 28.1 Å². The quantitative estimate of drug-likeness (QED) is 0.147. The summed E-state index contributed by atoms with van der Waals surface area (Å²) in [6, 6.07) is 15.2. The topological polar surface area (TPSA) is 52.0 Å². The highest BCUT2D eigenvalue weighted by molar-refractivity contribution is 7.99. The fraction of sp³-hybridized carbons (Fsp3) is 0.160. The zero-order chi connectivity index (χ0) is 22.2. The molecular weight excluding hydrogens is 460 g/mol. The molecule has 4 aromatic rings. The van der Waals surface area contributed by atoms with Crippen LogP contribution in [0, 0.1) is 0 Å². The molecule has 2 heterocycles. The first-order valence-corrected chi connectivity index (χ1v) is 12.4. The SMILES string of the molecule is C=CCn1c(SCC(=O)c2ccc(Cl)cc2)nc2sc3c(c2c1=O)CCc1ccccc1-3. The predicted octanol–water partition coefficient (Wildman–Crippen LogP) is 6.04. The molecule has 1 aliphatic rings. The van der Waals surface area contributed by atoms with Crippen LogP contribution < -0.4 is 5.56 Å². The molecule has 0 amide bonds. The molecule has 0 saturated heterocycles. The van der Waals surface area contributed by atoms with Gasteiger partial charge in [-0.1, -0.05) is 53.7 Å². The van der Waals surface area contributed by atoms with Gasteiger partial charge >= 0.3 is 0 Å². The Labute approximate surface area is 198 Å². The first-order chi connectivity index (χ1) is 15.6. The van der Waals surface area contributed by atoms with Gasteiger partial charge < -0.3 is 0 Å². The molecule has 0 N–H and O–H groups in total. The molecular formula is C25H19ClN2O2S2. The van der Waals surface area contributed by atoms with Gasteiger partial charge in [-0.25, -0.2) is 4.98 Å². The van der Waals surface area contributed by atoms with Crippen molar-refractivity contribution in [1.82, 2.24) is 9.55 Å². The van der Waals surface area contributed by atoms with Crippen LogP contribution in [-0.4, -0.2) is 21.1 Å². The number of nitrogens with zero attached hydrogens (tertiary/aromatic N) is 2. The first kappa shape index (κ1) is 21.2. The highest BCUT2D eigenvalue weighted by Crippen LogP contribution is 2.42. The second kappa shape index (κ2) is 8.70. The van der Waals surface area contributed by atoms with Crippen LogP contribution in [0.1, 0.15) is 21.5 Å². The van der Waals surface area contributed by atoms with Crippen LogP contribution in [0.2, 0.25) is 5.02 Å². The zero-order valence-corrected chi connectivity index (χ0v) is 19.5. The number of hydrogen-bond donors (Lipinski definition) is 0. The molecule has 0 atom stereocenters. The van der Waals surface area contributed by atoms with Crippen LogP contribution in [0.25, 0.3) is 20.7 Å². The van der Waals surface area contributed by atoms with Crippen LogP contribution in [0.15, 0.2) is 71.1 Å².